The highest BCUT2D eigenvalue weighted by Gasteiger charge is 2.22. The van der Waals surface area contributed by atoms with Crippen molar-refractivity contribution in [2.24, 2.45) is 0 Å². The molecule has 6 nitrogen and oxygen atoms in total. The molecule has 1 heterocycles. The Morgan fingerprint density at radius 3 is 2.59 bits per heavy atom. The zero-order valence-corrected chi connectivity index (χ0v) is 18.7. The summed E-state index contributed by atoms with van der Waals surface area (Å²) in [5.41, 5.74) is 1.48. The molecule has 0 radical (unpaired) electrons. The first kappa shape index (κ1) is 21.7. The number of anilines is 1. The van der Waals surface area contributed by atoms with E-state index in [2.05, 4.69) is 10.3 Å². The van der Waals surface area contributed by atoms with Crippen LogP contribution in [-0.2, 0) is 4.74 Å². The van der Waals surface area contributed by atoms with Gasteiger partial charge in [0, 0.05) is 11.9 Å². The molecule has 0 saturated heterocycles. The first-order valence-corrected chi connectivity index (χ1v) is 10.9. The Hall–Kier alpha value is -3.54. The summed E-state index contributed by atoms with van der Waals surface area (Å²) in [4.78, 5) is 17.2. The maximum Gasteiger partial charge on any atom is 0.342 e. The number of aromatic nitrogens is 1. The normalized spacial score (nSPS) is 11.6. The second kappa shape index (κ2) is 9.30. The molecule has 3 aromatic carbocycles. The molecule has 0 atom stereocenters. The van der Waals surface area contributed by atoms with Crippen LogP contribution in [0.4, 0.5) is 6.01 Å². The largest absolute Gasteiger partial charge is 0.492 e. The average Bonchev–Trinajstić information content (AvgIpc) is 3.17. The topological polar surface area (TPSA) is 73.6 Å². The third-order valence-electron chi connectivity index (χ3n) is 4.89. The zero-order chi connectivity index (χ0) is 22.6. The van der Waals surface area contributed by atoms with Gasteiger partial charge in [0.05, 0.1) is 6.61 Å². The quantitative estimate of drug-likeness (QED) is 0.264. The number of oxazole rings is 1. The lowest BCUT2D eigenvalue weighted by atomic mass is 10.0. The SMILES string of the molecule is CC(C)(C)OC(=O)c1ccc2ccccc2c1OCCCCNc1nc2ccccc2o1. The Morgan fingerprint density at radius 1 is 1.00 bits per heavy atom. The van der Waals surface area contributed by atoms with Gasteiger partial charge in [-0.25, -0.2) is 4.79 Å². The van der Waals surface area contributed by atoms with Crippen molar-refractivity contribution in [1.82, 2.24) is 4.98 Å². The van der Waals surface area contributed by atoms with Gasteiger partial charge in [-0.2, -0.15) is 4.98 Å². The summed E-state index contributed by atoms with van der Waals surface area (Å²) in [6.45, 7) is 6.77. The van der Waals surface area contributed by atoms with Crippen molar-refractivity contribution in [1.29, 1.82) is 0 Å². The molecule has 166 valence electrons. The number of para-hydroxylation sites is 2. The predicted octanol–water partition coefficient (Wildman–Crippen LogP) is 6.21. The number of carbonyl (C=O) groups excluding carboxylic acids is 1. The third-order valence-corrected chi connectivity index (χ3v) is 4.89. The minimum atomic E-state index is -0.573. The molecular formula is C26H28N2O4. The van der Waals surface area contributed by atoms with E-state index < -0.39 is 5.60 Å². The lowest BCUT2D eigenvalue weighted by Crippen LogP contribution is -2.24. The second-order valence-electron chi connectivity index (χ2n) is 8.63. The molecule has 4 aromatic rings. The van der Waals surface area contributed by atoms with Gasteiger partial charge in [0.2, 0.25) is 0 Å². The highest BCUT2D eigenvalue weighted by molar-refractivity contribution is 6.01. The molecule has 0 fully saturated rings. The molecule has 4 rings (SSSR count). The lowest BCUT2D eigenvalue weighted by molar-refractivity contribution is 0.00661. The van der Waals surface area contributed by atoms with Gasteiger partial charge >= 0.3 is 5.97 Å². The van der Waals surface area contributed by atoms with Crippen LogP contribution in [0.3, 0.4) is 0 Å². The summed E-state index contributed by atoms with van der Waals surface area (Å²) in [5, 5.41) is 5.13. The smallest absolute Gasteiger partial charge is 0.342 e. The molecule has 1 N–H and O–H groups in total. The number of carbonyl (C=O) groups is 1. The number of rotatable bonds is 8. The van der Waals surface area contributed by atoms with Crippen molar-refractivity contribution in [3.05, 3.63) is 66.2 Å². The van der Waals surface area contributed by atoms with Gasteiger partial charge in [0.15, 0.2) is 5.58 Å². The van der Waals surface area contributed by atoms with Crippen LogP contribution >= 0.6 is 0 Å². The van der Waals surface area contributed by atoms with E-state index in [9.17, 15) is 4.79 Å². The lowest BCUT2D eigenvalue weighted by Gasteiger charge is -2.21. The standard InChI is InChI=1S/C26H28N2O4/c1-26(2,3)32-24(29)20-15-14-18-10-4-5-11-19(18)23(20)30-17-9-8-16-27-25-28-21-12-6-7-13-22(21)31-25/h4-7,10-15H,8-9,16-17H2,1-3H3,(H,27,28). The van der Waals surface area contributed by atoms with Crippen molar-refractivity contribution >= 4 is 33.9 Å². The molecule has 32 heavy (non-hydrogen) atoms. The van der Waals surface area contributed by atoms with Crippen LogP contribution in [0.1, 0.15) is 44.0 Å². The van der Waals surface area contributed by atoms with Crippen LogP contribution in [0.25, 0.3) is 21.9 Å². The monoisotopic (exact) mass is 432 g/mol. The van der Waals surface area contributed by atoms with Crippen molar-refractivity contribution < 1.29 is 18.7 Å². The third kappa shape index (κ3) is 5.19. The van der Waals surface area contributed by atoms with E-state index in [1.165, 1.54) is 0 Å². The summed E-state index contributed by atoms with van der Waals surface area (Å²) in [6.07, 6.45) is 1.68. The van der Waals surface area contributed by atoms with Crippen LogP contribution in [0.15, 0.2) is 65.1 Å². The zero-order valence-electron chi connectivity index (χ0n) is 18.7. The minimum Gasteiger partial charge on any atom is -0.492 e. The van der Waals surface area contributed by atoms with E-state index in [1.54, 1.807) is 6.07 Å². The van der Waals surface area contributed by atoms with Crippen LogP contribution in [-0.4, -0.2) is 29.7 Å². The number of nitrogens with zero attached hydrogens (tertiary/aromatic N) is 1. The summed E-state index contributed by atoms with van der Waals surface area (Å²) < 4.78 is 17.4. The van der Waals surface area contributed by atoms with Crippen molar-refractivity contribution in [3.63, 3.8) is 0 Å². The van der Waals surface area contributed by atoms with Crippen LogP contribution < -0.4 is 10.1 Å². The number of ether oxygens (including phenoxy) is 2. The number of esters is 1. The molecule has 0 aliphatic rings. The fraction of sp³-hybridized carbons (Fsp3) is 0.308. The highest BCUT2D eigenvalue weighted by atomic mass is 16.6. The Kier molecular flexibility index (Phi) is 6.30. The first-order valence-electron chi connectivity index (χ1n) is 10.9. The molecule has 6 heteroatoms. The van der Waals surface area contributed by atoms with Crippen molar-refractivity contribution in [3.8, 4) is 5.75 Å². The Morgan fingerprint density at radius 2 is 1.78 bits per heavy atom. The Labute approximate surface area is 187 Å². The maximum atomic E-state index is 12.8. The number of nitrogens with one attached hydrogen (secondary N) is 1. The highest BCUT2D eigenvalue weighted by Crippen LogP contribution is 2.31. The van der Waals surface area contributed by atoms with Gasteiger partial charge in [-0.3, -0.25) is 0 Å². The van der Waals surface area contributed by atoms with E-state index >= 15 is 0 Å². The van der Waals surface area contributed by atoms with Gasteiger partial charge in [-0.05, 0) is 57.2 Å². The Bertz CT molecular complexity index is 1190. The van der Waals surface area contributed by atoms with Crippen LogP contribution in [0, 0.1) is 0 Å². The molecule has 0 bridgehead atoms. The molecule has 0 saturated carbocycles. The molecule has 0 aliphatic carbocycles. The maximum absolute atomic E-state index is 12.8. The molecule has 0 aliphatic heterocycles. The second-order valence-corrected chi connectivity index (χ2v) is 8.63. The molecule has 1 aromatic heterocycles. The summed E-state index contributed by atoms with van der Waals surface area (Å²) in [6, 6.07) is 19.8. The van der Waals surface area contributed by atoms with Gasteiger partial charge < -0.3 is 19.2 Å². The predicted molar refractivity (Wildman–Crippen MR) is 126 cm³/mol. The number of benzene rings is 3. The average molecular weight is 433 g/mol. The fourth-order valence-electron chi connectivity index (χ4n) is 3.44. The number of fused-ring (bicyclic) bond motifs is 2. The van der Waals surface area contributed by atoms with Crippen LogP contribution in [0.2, 0.25) is 0 Å². The van der Waals surface area contributed by atoms with Crippen molar-refractivity contribution in [2.75, 3.05) is 18.5 Å². The molecule has 0 amide bonds. The number of hydrogen-bond donors (Lipinski definition) is 1. The van der Waals surface area contributed by atoms with Gasteiger partial charge in [0.1, 0.15) is 22.4 Å². The molecule has 0 unspecified atom stereocenters. The number of unbranched alkanes of at least 4 members (excludes halogenated alkanes) is 1. The van der Waals surface area contributed by atoms with E-state index in [0.717, 1.165) is 34.7 Å². The minimum absolute atomic E-state index is 0.379. The molecular weight excluding hydrogens is 404 g/mol. The fourth-order valence-corrected chi connectivity index (χ4v) is 3.44. The van der Waals surface area contributed by atoms with E-state index in [1.807, 2.05) is 75.4 Å². The number of hydrogen-bond acceptors (Lipinski definition) is 6. The van der Waals surface area contributed by atoms with E-state index in [0.29, 0.717) is 30.5 Å². The molecule has 0 spiro atoms. The van der Waals surface area contributed by atoms with Crippen molar-refractivity contribution in [2.45, 2.75) is 39.2 Å². The summed E-state index contributed by atoms with van der Waals surface area (Å²) in [5.74, 6) is 0.195. The van der Waals surface area contributed by atoms with E-state index in [4.69, 9.17) is 13.9 Å². The summed E-state index contributed by atoms with van der Waals surface area (Å²) in [7, 11) is 0. The van der Waals surface area contributed by atoms with Crippen LogP contribution in [0.5, 0.6) is 5.75 Å². The Balaban J connectivity index is 1.37. The van der Waals surface area contributed by atoms with E-state index in [-0.39, 0.29) is 5.97 Å². The van der Waals surface area contributed by atoms with Gasteiger partial charge in [0.25, 0.3) is 6.01 Å². The van der Waals surface area contributed by atoms with Gasteiger partial charge in [-0.1, -0.05) is 42.5 Å². The van der Waals surface area contributed by atoms with Gasteiger partial charge in [-0.15, -0.1) is 0 Å². The first-order chi connectivity index (χ1) is 15.4. The summed E-state index contributed by atoms with van der Waals surface area (Å²) >= 11 is 0.